The molecule has 2 rings (SSSR count). The van der Waals surface area contributed by atoms with Crippen molar-refractivity contribution in [2.75, 3.05) is 0 Å². The van der Waals surface area contributed by atoms with E-state index in [-0.39, 0.29) is 23.6 Å². The largest absolute Gasteiger partial charge is 0.393 e. The van der Waals surface area contributed by atoms with Crippen LogP contribution in [0.5, 0.6) is 0 Å². The number of aliphatic hydroxyl groups excluding tert-OH is 1. The van der Waals surface area contributed by atoms with E-state index in [2.05, 4.69) is 4.72 Å². The molecule has 112 valence electrons. The van der Waals surface area contributed by atoms with Gasteiger partial charge in [-0.15, -0.1) is 0 Å². The second-order valence-electron chi connectivity index (χ2n) is 5.08. The van der Waals surface area contributed by atoms with E-state index >= 15 is 0 Å². The van der Waals surface area contributed by atoms with E-state index in [4.69, 9.17) is 17.3 Å². The fourth-order valence-electron chi connectivity index (χ4n) is 2.34. The van der Waals surface area contributed by atoms with Gasteiger partial charge in [0.15, 0.2) is 0 Å². The molecule has 0 atom stereocenters. The monoisotopic (exact) mass is 318 g/mol. The van der Waals surface area contributed by atoms with Crippen LogP contribution in [0.25, 0.3) is 0 Å². The zero-order valence-electron chi connectivity index (χ0n) is 11.0. The Kier molecular flexibility index (Phi) is 5.04. The first-order valence-corrected chi connectivity index (χ1v) is 8.47. The Bertz CT molecular complexity index is 569. The number of nitrogens with one attached hydrogen (secondary N) is 1. The molecule has 0 heterocycles. The molecule has 5 nitrogen and oxygen atoms in total. The third kappa shape index (κ3) is 3.71. The minimum absolute atomic E-state index is 0.128. The van der Waals surface area contributed by atoms with E-state index in [1.807, 2.05) is 0 Å². The van der Waals surface area contributed by atoms with Crippen LogP contribution in [0.2, 0.25) is 5.02 Å². The van der Waals surface area contributed by atoms with Crippen LogP contribution in [-0.4, -0.2) is 25.7 Å². The number of benzene rings is 1. The molecule has 4 N–H and O–H groups in total. The molecular weight excluding hydrogens is 300 g/mol. The number of nitrogens with two attached hydrogens (primary N) is 1. The van der Waals surface area contributed by atoms with Crippen LogP contribution in [0, 0.1) is 0 Å². The molecular formula is C13H19ClN2O3S. The number of aliphatic hydroxyl groups is 1. The first-order chi connectivity index (χ1) is 9.42. The van der Waals surface area contributed by atoms with Crippen molar-refractivity contribution in [3.8, 4) is 0 Å². The quantitative estimate of drug-likeness (QED) is 0.782. The Hall–Kier alpha value is -0.660. The van der Waals surface area contributed by atoms with E-state index < -0.39 is 10.0 Å². The van der Waals surface area contributed by atoms with Crippen molar-refractivity contribution in [3.63, 3.8) is 0 Å². The smallest absolute Gasteiger partial charge is 0.240 e. The molecule has 1 aromatic rings. The number of hydrogen-bond donors (Lipinski definition) is 3. The first-order valence-electron chi connectivity index (χ1n) is 6.61. The summed E-state index contributed by atoms with van der Waals surface area (Å²) >= 11 is 5.99. The molecule has 0 aromatic heterocycles. The third-order valence-corrected chi connectivity index (χ3v) is 5.44. The first kappa shape index (κ1) is 15.7. The fraction of sp³-hybridized carbons (Fsp3) is 0.538. The normalized spacial score (nSPS) is 23.8. The van der Waals surface area contributed by atoms with Crippen LogP contribution in [0.4, 0.5) is 0 Å². The van der Waals surface area contributed by atoms with Gasteiger partial charge in [0.1, 0.15) is 0 Å². The topological polar surface area (TPSA) is 92.4 Å². The van der Waals surface area contributed by atoms with Gasteiger partial charge in [-0.1, -0.05) is 17.7 Å². The molecule has 20 heavy (non-hydrogen) atoms. The van der Waals surface area contributed by atoms with E-state index in [1.54, 1.807) is 6.07 Å². The Morgan fingerprint density at radius 3 is 2.50 bits per heavy atom. The highest BCUT2D eigenvalue weighted by atomic mass is 35.5. The maximum atomic E-state index is 12.3. The summed E-state index contributed by atoms with van der Waals surface area (Å²) in [6.45, 7) is 0.271. The van der Waals surface area contributed by atoms with E-state index in [0.717, 1.165) is 0 Å². The maximum Gasteiger partial charge on any atom is 0.240 e. The summed E-state index contributed by atoms with van der Waals surface area (Å²) in [6, 6.07) is 4.43. The summed E-state index contributed by atoms with van der Waals surface area (Å²) in [5.41, 5.74) is 6.21. The molecule has 0 saturated heterocycles. The van der Waals surface area contributed by atoms with Crippen LogP contribution in [0.1, 0.15) is 31.2 Å². The van der Waals surface area contributed by atoms with E-state index in [9.17, 15) is 13.5 Å². The number of halogens is 1. The zero-order chi connectivity index (χ0) is 14.8. The van der Waals surface area contributed by atoms with Crippen molar-refractivity contribution in [1.29, 1.82) is 0 Å². The number of hydrogen-bond acceptors (Lipinski definition) is 4. The highest BCUT2D eigenvalue weighted by Crippen LogP contribution is 2.23. The Morgan fingerprint density at radius 2 is 1.95 bits per heavy atom. The predicted molar refractivity (Wildman–Crippen MR) is 77.9 cm³/mol. The lowest BCUT2D eigenvalue weighted by atomic mass is 9.94. The van der Waals surface area contributed by atoms with Crippen LogP contribution in [-0.2, 0) is 16.6 Å². The molecule has 1 aliphatic carbocycles. The maximum absolute atomic E-state index is 12.3. The zero-order valence-corrected chi connectivity index (χ0v) is 12.6. The summed E-state index contributed by atoms with van der Waals surface area (Å²) < 4.78 is 27.2. The van der Waals surface area contributed by atoms with Crippen LogP contribution in [0.15, 0.2) is 23.1 Å². The van der Waals surface area contributed by atoms with Crippen molar-refractivity contribution < 1.29 is 13.5 Å². The Labute approximate surface area is 124 Å². The Balaban J connectivity index is 2.12. The van der Waals surface area contributed by atoms with Crippen molar-refractivity contribution >= 4 is 21.6 Å². The molecule has 0 aliphatic heterocycles. The molecule has 0 amide bonds. The summed E-state index contributed by atoms with van der Waals surface area (Å²) in [5.74, 6) is 0. The van der Waals surface area contributed by atoms with Gasteiger partial charge in [-0.05, 0) is 43.4 Å². The van der Waals surface area contributed by atoms with Crippen LogP contribution in [0.3, 0.4) is 0 Å². The summed E-state index contributed by atoms with van der Waals surface area (Å²) in [7, 11) is -3.58. The minimum atomic E-state index is -3.58. The van der Waals surface area contributed by atoms with Gasteiger partial charge >= 0.3 is 0 Å². The highest BCUT2D eigenvalue weighted by molar-refractivity contribution is 7.89. The number of sulfonamides is 1. The van der Waals surface area contributed by atoms with Gasteiger partial charge in [-0.25, -0.2) is 13.1 Å². The second kappa shape index (κ2) is 6.41. The molecule has 1 aromatic carbocycles. The third-order valence-electron chi connectivity index (χ3n) is 3.57. The van der Waals surface area contributed by atoms with Gasteiger partial charge < -0.3 is 10.8 Å². The second-order valence-corrected chi connectivity index (χ2v) is 7.21. The lowest BCUT2D eigenvalue weighted by Crippen LogP contribution is -2.38. The SMILES string of the molecule is NCc1ccc(S(=O)(=O)NC2CCC(O)CC2)cc1Cl. The van der Waals surface area contributed by atoms with E-state index in [1.165, 1.54) is 12.1 Å². The van der Waals surface area contributed by atoms with Crippen molar-refractivity contribution in [3.05, 3.63) is 28.8 Å². The fourth-order valence-corrected chi connectivity index (χ4v) is 4.00. The van der Waals surface area contributed by atoms with Gasteiger partial charge in [-0.2, -0.15) is 0 Å². The van der Waals surface area contributed by atoms with Gasteiger partial charge in [0.25, 0.3) is 0 Å². The van der Waals surface area contributed by atoms with Gasteiger partial charge in [0.05, 0.1) is 11.0 Å². The molecule has 0 unspecified atom stereocenters. The molecule has 0 bridgehead atoms. The van der Waals surface area contributed by atoms with E-state index in [0.29, 0.717) is 36.3 Å². The Morgan fingerprint density at radius 1 is 1.30 bits per heavy atom. The predicted octanol–water partition coefficient (Wildman–Crippen LogP) is 1.38. The highest BCUT2D eigenvalue weighted by Gasteiger charge is 2.25. The van der Waals surface area contributed by atoms with Gasteiger partial charge in [0, 0.05) is 17.6 Å². The minimum Gasteiger partial charge on any atom is -0.393 e. The molecule has 0 spiro atoms. The van der Waals surface area contributed by atoms with Crippen LogP contribution >= 0.6 is 11.6 Å². The van der Waals surface area contributed by atoms with Crippen molar-refractivity contribution in [1.82, 2.24) is 4.72 Å². The lowest BCUT2D eigenvalue weighted by Gasteiger charge is -2.26. The molecule has 0 radical (unpaired) electrons. The number of rotatable bonds is 4. The molecule has 7 heteroatoms. The average Bonchev–Trinajstić information content (AvgIpc) is 2.41. The lowest BCUT2D eigenvalue weighted by molar-refractivity contribution is 0.120. The summed E-state index contributed by atoms with van der Waals surface area (Å²) in [6.07, 6.45) is 2.23. The molecule has 1 aliphatic rings. The van der Waals surface area contributed by atoms with Crippen molar-refractivity contribution in [2.45, 2.75) is 49.3 Å². The molecule has 1 saturated carbocycles. The van der Waals surface area contributed by atoms with Gasteiger partial charge in [-0.3, -0.25) is 0 Å². The standard InChI is InChI=1S/C13H19ClN2O3S/c14-13-7-12(6-1-9(13)8-15)20(18,19)16-10-2-4-11(17)5-3-10/h1,6-7,10-11,16-17H,2-5,8,15H2. The summed E-state index contributed by atoms with van der Waals surface area (Å²) in [5, 5.41) is 9.79. The molecule has 1 fully saturated rings. The summed E-state index contributed by atoms with van der Waals surface area (Å²) in [4.78, 5) is 0.144. The average molecular weight is 319 g/mol. The van der Waals surface area contributed by atoms with Crippen molar-refractivity contribution in [2.24, 2.45) is 5.73 Å². The van der Waals surface area contributed by atoms with Gasteiger partial charge in [0.2, 0.25) is 10.0 Å². The van der Waals surface area contributed by atoms with Crippen LogP contribution < -0.4 is 10.5 Å².